The number of aliphatic hydroxyl groups excluding tert-OH is 1. The molecule has 2 aliphatic rings. The highest BCUT2D eigenvalue weighted by molar-refractivity contribution is 6.30. The van der Waals surface area contributed by atoms with Crippen LogP contribution in [-0.2, 0) is 9.59 Å². The van der Waals surface area contributed by atoms with Crippen LogP contribution in [0.1, 0.15) is 22.8 Å². The van der Waals surface area contributed by atoms with Gasteiger partial charge in [0, 0.05) is 16.7 Å². The second kappa shape index (κ2) is 4.03. The van der Waals surface area contributed by atoms with E-state index in [0.717, 1.165) is 0 Å². The van der Waals surface area contributed by atoms with E-state index in [1.165, 1.54) is 0 Å². The minimum absolute atomic E-state index is 0.0636. The van der Waals surface area contributed by atoms with E-state index in [1.807, 2.05) is 0 Å². The number of carbonyl (C=O) groups excluding carboxylic acids is 3. The molecule has 1 aromatic carbocycles. The van der Waals surface area contributed by atoms with Crippen molar-refractivity contribution in [2.24, 2.45) is 0 Å². The van der Waals surface area contributed by atoms with Crippen LogP contribution < -0.4 is 0 Å². The molecule has 0 saturated heterocycles. The molecule has 1 aromatic rings. The van der Waals surface area contributed by atoms with Crippen LogP contribution in [0.3, 0.4) is 0 Å². The molecule has 98 valence electrons. The fourth-order valence-corrected chi connectivity index (χ4v) is 2.03. The molecule has 0 fully saturated rings. The van der Waals surface area contributed by atoms with E-state index in [0.29, 0.717) is 0 Å². The Labute approximate surface area is 120 Å². The van der Waals surface area contributed by atoms with E-state index in [9.17, 15) is 24.6 Å². The third-order valence-electron chi connectivity index (χ3n) is 2.89. The summed E-state index contributed by atoms with van der Waals surface area (Å²) < 4.78 is 38.5. The van der Waals surface area contributed by atoms with Crippen molar-refractivity contribution in [1.29, 1.82) is 0 Å². The van der Waals surface area contributed by atoms with Gasteiger partial charge in [-0.3, -0.25) is 14.4 Å². The van der Waals surface area contributed by atoms with Gasteiger partial charge in [0.2, 0.25) is 0 Å². The summed E-state index contributed by atoms with van der Waals surface area (Å²) in [6.07, 6.45) is 0.0636. The zero-order chi connectivity index (χ0) is 18.8. The van der Waals surface area contributed by atoms with E-state index < -0.39 is 81.2 Å². The Morgan fingerprint density at radius 2 is 1.90 bits per heavy atom. The first-order valence-electron chi connectivity index (χ1n) is 7.88. The molecule has 2 aliphatic carbocycles. The van der Waals surface area contributed by atoms with Crippen LogP contribution in [0.15, 0.2) is 47.0 Å². The molecule has 3 rings (SSSR count). The smallest absolute Gasteiger partial charge is 0.194 e. The van der Waals surface area contributed by atoms with Crippen LogP contribution in [-0.4, -0.2) is 28.1 Å². The standard InChI is InChI=1S/C15H8O5/c16-6-7-4-9-13(11(18)5-7)15(20)12-8(14(9)19)2-1-3-10(12)17/h1-6,17,20H/i1D,2D,3D,4D,5D. The molecule has 0 aliphatic heterocycles. The first-order valence-corrected chi connectivity index (χ1v) is 5.38. The summed E-state index contributed by atoms with van der Waals surface area (Å²) >= 11 is 0. The van der Waals surface area contributed by atoms with E-state index in [-0.39, 0.29) is 6.29 Å². The lowest BCUT2D eigenvalue weighted by molar-refractivity contribution is -0.111. The molecule has 0 spiro atoms. The van der Waals surface area contributed by atoms with Gasteiger partial charge < -0.3 is 10.2 Å². The van der Waals surface area contributed by atoms with Crippen molar-refractivity contribution in [2.75, 3.05) is 0 Å². The number of phenolic OH excluding ortho intramolecular Hbond substituents is 1. The van der Waals surface area contributed by atoms with Gasteiger partial charge in [0.25, 0.3) is 0 Å². The maximum absolute atomic E-state index is 12.7. The monoisotopic (exact) mass is 273 g/mol. The van der Waals surface area contributed by atoms with Crippen LogP contribution in [0.5, 0.6) is 5.75 Å². The molecule has 5 heteroatoms. The number of rotatable bonds is 1. The van der Waals surface area contributed by atoms with Crippen molar-refractivity contribution in [3.63, 3.8) is 0 Å². The number of aromatic hydroxyl groups is 1. The van der Waals surface area contributed by atoms with Gasteiger partial charge >= 0.3 is 0 Å². The van der Waals surface area contributed by atoms with E-state index in [4.69, 9.17) is 6.85 Å². The average molecular weight is 273 g/mol. The lowest BCUT2D eigenvalue weighted by atomic mass is 9.80. The van der Waals surface area contributed by atoms with Crippen LogP contribution in [0, 0.1) is 0 Å². The van der Waals surface area contributed by atoms with Crippen LogP contribution in [0.25, 0.3) is 5.76 Å². The molecule has 0 atom stereocenters. The summed E-state index contributed by atoms with van der Waals surface area (Å²) in [6, 6.07) is -4.02. The Morgan fingerprint density at radius 1 is 1.15 bits per heavy atom. The highest BCUT2D eigenvalue weighted by Gasteiger charge is 2.36. The topological polar surface area (TPSA) is 91.7 Å². The summed E-state index contributed by atoms with van der Waals surface area (Å²) in [4.78, 5) is 36.0. The predicted octanol–water partition coefficient (Wildman–Crippen LogP) is 1.49. The van der Waals surface area contributed by atoms with E-state index >= 15 is 0 Å². The summed E-state index contributed by atoms with van der Waals surface area (Å²) in [5.74, 6) is -4.27. The van der Waals surface area contributed by atoms with E-state index in [2.05, 4.69) is 0 Å². The summed E-state index contributed by atoms with van der Waals surface area (Å²) in [7, 11) is 0. The molecule has 20 heavy (non-hydrogen) atoms. The Bertz CT molecular complexity index is 1020. The number of fused-ring (bicyclic) bond motifs is 2. The number of aldehydes is 1. The average Bonchev–Trinajstić information content (AvgIpc) is 2.57. The number of aliphatic hydroxyl groups is 1. The molecule has 0 saturated carbocycles. The number of phenols is 1. The van der Waals surface area contributed by atoms with Gasteiger partial charge in [-0.1, -0.05) is 12.1 Å². The third-order valence-corrected chi connectivity index (χ3v) is 2.89. The zero-order valence-corrected chi connectivity index (χ0v) is 9.70. The van der Waals surface area contributed by atoms with Gasteiger partial charge in [-0.2, -0.15) is 0 Å². The highest BCUT2D eigenvalue weighted by atomic mass is 16.3. The number of hydrogen-bond acceptors (Lipinski definition) is 5. The largest absolute Gasteiger partial charge is 0.507 e. The molecule has 0 aromatic heterocycles. The van der Waals surface area contributed by atoms with Crippen molar-refractivity contribution >= 4 is 23.6 Å². The lowest BCUT2D eigenvalue weighted by Gasteiger charge is -2.22. The lowest BCUT2D eigenvalue weighted by Crippen LogP contribution is -2.22. The van der Waals surface area contributed by atoms with Crippen molar-refractivity contribution in [2.45, 2.75) is 0 Å². The first kappa shape index (κ1) is 7.59. The zero-order valence-electron chi connectivity index (χ0n) is 14.7. The number of ketones is 2. The first-order chi connectivity index (χ1) is 11.6. The second-order valence-electron chi connectivity index (χ2n) is 4.01. The molecule has 0 unspecified atom stereocenters. The van der Waals surface area contributed by atoms with Gasteiger partial charge in [0.05, 0.1) is 18.0 Å². The molecule has 5 nitrogen and oxygen atoms in total. The Morgan fingerprint density at radius 3 is 2.60 bits per heavy atom. The number of Topliss-reactive ketones (excluding diaryl/α,β-unsaturated/α-hetero) is 1. The number of benzene rings is 1. The Hall–Kier alpha value is -2.95. The minimum Gasteiger partial charge on any atom is -0.507 e. The van der Waals surface area contributed by atoms with Crippen LogP contribution in [0.4, 0.5) is 0 Å². The van der Waals surface area contributed by atoms with Crippen molar-refractivity contribution in [3.05, 3.63) is 58.1 Å². The third kappa shape index (κ3) is 1.46. The number of hydrogen-bond donors (Lipinski definition) is 2. The summed E-state index contributed by atoms with van der Waals surface area (Å²) in [5.41, 5.74) is -3.39. The van der Waals surface area contributed by atoms with Gasteiger partial charge in [0.15, 0.2) is 11.6 Å². The quantitative estimate of drug-likeness (QED) is 0.756. The Kier molecular flexibility index (Phi) is 1.53. The molecular formula is C15H8O5. The van der Waals surface area contributed by atoms with Gasteiger partial charge in [0.1, 0.15) is 17.8 Å². The fraction of sp³-hybridized carbons (Fsp3) is 0. The predicted molar refractivity (Wildman–Crippen MR) is 69.2 cm³/mol. The van der Waals surface area contributed by atoms with Gasteiger partial charge in [-0.15, -0.1) is 0 Å². The molecule has 2 N–H and O–H groups in total. The number of carbonyl (C=O) groups is 3. The van der Waals surface area contributed by atoms with Gasteiger partial charge in [-0.05, 0) is 18.1 Å². The SMILES string of the molecule is [2H]C1=C(C=O)C([2H])=C2C(=O)c3c([2H])c([2H])c([2H])c(O)c3C(O)=C2C1=O. The van der Waals surface area contributed by atoms with Crippen LogP contribution in [0.2, 0.25) is 0 Å². The van der Waals surface area contributed by atoms with Crippen molar-refractivity contribution in [1.82, 2.24) is 0 Å². The van der Waals surface area contributed by atoms with E-state index in [1.54, 1.807) is 0 Å². The summed E-state index contributed by atoms with van der Waals surface area (Å²) in [6.45, 7) is 0. The Balaban J connectivity index is 2.54. The van der Waals surface area contributed by atoms with Crippen LogP contribution >= 0.6 is 0 Å². The molecule has 0 radical (unpaired) electrons. The minimum atomic E-state index is -1.20. The fourth-order valence-electron chi connectivity index (χ4n) is 2.03. The van der Waals surface area contributed by atoms with Crippen molar-refractivity contribution in [3.8, 4) is 5.75 Å². The van der Waals surface area contributed by atoms with Gasteiger partial charge in [-0.25, -0.2) is 0 Å². The summed E-state index contributed by atoms with van der Waals surface area (Å²) in [5, 5.41) is 20.4. The maximum Gasteiger partial charge on any atom is 0.194 e. The molecular weight excluding hydrogens is 260 g/mol. The molecule has 0 heterocycles. The van der Waals surface area contributed by atoms with Crippen molar-refractivity contribution < 1.29 is 31.5 Å². The highest BCUT2D eigenvalue weighted by Crippen LogP contribution is 2.39. The number of allylic oxidation sites excluding steroid dienone is 5. The molecule has 0 amide bonds. The second-order valence-corrected chi connectivity index (χ2v) is 4.01. The maximum atomic E-state index is 12.7. The normalized spacial score (nSPS) is 21.7. The molecule has 0 bridgehead atoms.